The van der Waals surface area contributed by atoms with E-state index in [-0.39, 0.29) is 18.0 Å². The van der Waals surface area contributed by atoms with Gasteiger partial charge in [-0.3, -0.25) is 0 Å². The molecule has 1 aliphatic rings. The van der Waals surface area contributed by atoms with E-state index in [0.717, 1.165) is 16.7 Å². The lowest BCUT2D eigenvalue weighted by Crippen LogP contribution is -2.28. The summed E-state index contributed by atoms with van der Waals surface area (Å²) in [5.41, 5.74) is 3.87. The van der Waals surface area contributed by atoms with Crippen molar-refractivity contribution in [2.45, 2.75) is 18.7 Å². The summed E-state index contributed by atoms with van der Waals surface area (Å²) in [6.07, 6.45) is 1.94. The molecule has 0 aromatic heterocycles. The Hall–Kier alpha value is -3.48. The molecule has 0 bridgehead atoms. The first-order valence-electron chi connectivity index (χ1n) is 10.6. The molecule has 33 heavy (non-hydrogen) atoms. The van der Waals surface area contributed by atoms with Gasteiger partial charge in [0.25, 0.3) is 0 Å². The second-order valence-electron chi connectivity index (χ2n) is 7.96. The van der Waals surface area contributed by atoms with E-state index in [4.69, 9.17) is 4.74 Å². The molecular weight excluding hydrogens is 434 g/mol. The first-order valence-corrected chi connectivity index (χ1v) is 12.1. The van der Waals surface area contributed by atoms with Gasteiger partial charge in [0.15, 0.2) is 0 Å². The molecule has 0 unspecified atom stereocenters. The van der Waals surface area contributed by atoms with Crippen molar-refractivity contribution >= 4 is 22.1 Å². The van der Waals surface area contributed by atoms with E-state index in [1.165, 1.54) is 4.31 Å². The van der Waals surface area contributed by atoms with Crippen LogP contribution in [0.5, 0.6) is 0 Å². The number of rotatable bonds is 5. The number of aryl methyl sites for hydroxylation is 1. The molecule has 0 atom stereocenters. The van der Waals surface area contributed by atoms with E-state index in [2.05, 4.69) is 0 Å². The fourth-order valence-electron chi connectivity index (χ4n) is 3.70. The van der Waals surface area contributed by atoms with Gasteiger partial charge in [0.2, 0.25) is 10.0 Å². The maximum absolute atomic E-state index is 13.3. The van der Waals surface area contributed by atoms with Crippen LogP contribution in [0.3, 0.4) is 0 Å². The molecular formula is C27H25NO4S. The summed E-state index contributed by atoms with van der Waals surface area (Å²) in [5.74, 6) is -0.0767. The number of esters is 1. The first-order chi connectivity index (χ1) is 15.8. The Morgan fingerprint density at radius 2 is 1.48 bits per heavy atom. The van der Waals surface area contributed by atoms with E-state index in [1.54, 1.807) is 55.5 Å². The van der Waals surface area contributed by atoms with Gasteiger partial charge in [-0.15, -0.1) is 0 Å². The summed E-state index contributed by atoms with van der Waals surface area (Å²) >= 11 is 0. The molecule has 3 aromatic carbocycles. The van der Waals surface area contributed by atoms with Crippen molar-refractivity contribution < 1.29 is 17.9 Å². The van der Waals surface area contributed by atoms with Crippen LogP contribution >= 0.6 is 0 Å². The number of carbonyl (C=O) groups excluding carboxylic acids is 1. The number of hydrogen-bond acceptors (Lipinski definition) is 4. The number of hydrogen-bond donors (Lipinski definition) is 0. The molecule has 0 saturated carbocycles. The number of allylic oxidation sites excluding steroid dienone is 1. The van der Waals surface area contributed by atoms with E-state index < -0.39 is 16.0 Å². The van der Waals surface area contributed by atoms with Gasteiger partial charge >= 0.3 is 5.97 Å². The maximum atomic E-state index is 13.3. The summed E-state index contributed by atoms with van der Waals surface area (Å²) in [7, 11) is -3.71. The van der Waals surface area contributed by atoms with Crippen molar-refractivity contribution in [3.05, 3.63) is 119 Å². The van der Waals surface area contributed by atoms with E-state index in [9.17, 15) is 13.2 Å². The Balaban J connectivity index is 1.70. The number of nitrogens with zero attached hydrogens (tertiary/aromatic N) is 1. The molecule has 6 heteroatoms. The summed E-state index contributed by atoms with van der Waals surface area (Å²) in [5, 5.41) is 0. The van der Waals surface area contributed by atoms with Crippen molar-refractivity contribution in [2.75, 3.05) is 13.1 Å². The van der Waals surface area contributed by atoms with Gasteiger partial charge in [-0.2, -0.15) is 4.31 Å². The van der Waals surface area contributed by atoms with Crippen LogP contribution in [0.2, 0.25) is 0 Å². The third kappa shape index (κ3) is 5.13. The highest BCUT2D eigenvalue weighted by molar-refractivity contribution is 7.89. The minimum Gasteiger partial charge on any atom is -0.427 e. The van der Waals surface area contributed by atoms with Crippen LogP contribution in [-0.2, 0) is 14.8 Å². The van der Waals surface area contributed by atoms with Crippen LogP contribution in [0.4, 0.5) is 0 Å². The molecule has 0 aliphatic carbocycles. The van der Waals surface area contributed by atoms with Gasteiger partial charge < -0.3 is 4.74 Å². The lowest BCUT2D eigenvalue weighted by atomic mass is 10.1. The molecule has 0 radical (unpaired) electrons. The van der Waals surface area contributed by atoms with Gasteiger partial charge in [-0.05, 0) is 55.3 Å². The average molecular weight is 460 g/mol. The zero-order valence-corrected chi connectivity index (χ0v) is 19.4. The third-order valence-electron chi connectivity index (χ3n) is 5.55. The van der Waals surface area contributed by atoms with Crippen molar-refractivity contribution in [2.24, 2.45) is 0 Å². The summed E-state index contributed by atoms with van der Waals surface area (Å²) in [6.45, 7) is 3.94. The van der Waals surface area contributed by atoms with Crippen LogP contribution < -0.4 is 0 Å². The molecule has 3 aromatic rings. The Kier molecular flexibility index (Phi) is 6.58. The minimum atomic E-state index is -3.71. The fourth-order valence-corrected chi connectivity index (χ4v) is 5.09. The number of carbonyl (C=O) groups is 1. The molecule has 1 aliphatic heterocycles. The SMILES string of the molecule is C/C(OC(=O)c1ccccc1)=C1/CN(S(=O)(=O)c2ccc(C)cc2)C/C1=C\c1ccccc1. The van der Waals surface area contributed by atoms with E-state index in [0.29, 0.717) is 16.9 Å². The van der Waals surface area contributed by atoms with Crippen LogP contribution in [0.25, 0.3) is 6.08 Å². The maximum Gasteiger partial charge on any atom is 0.343 e. The van der Waals surface area contributed by atoms with Gasteiger partial charge in [0, 0.05) is 18.7 Å². The molecule has 1 saturated heterocycles. The van der Waals surface area contributed by atoms with Crippen LogP contribution in [0.1, 0.15) is 28.4 Å². The van der Waals surface area contributed by atoms with Gasteiger partial charge in [0.1, 0.15) is 5.76 Å². The predicted molar refractivity (Wildman–Crippen MR) is 129 cm³/mol. The molecule has 0 spiro atoms. The third-order valence-corrected chi connectivity index (χ3v) is 7.35. The largest absolute Gasteiger partial charge is 0.427 e. The van der Waals surface area contributed by atoms with Crippen molar-refractivity contribution in [3.8, 4) is 0 Å². The quantitative estimate of drug-likeness (QED) is 0.388. The van der Waals surface area contributed by atoms with Crippen LogP contribution in [0, 0.1) is 6.92 Å². The highest BCUT2D eigenvalue weighted by Crippen LogP contribution is 2.32. The molecule has 0 N–H and O–H groups in total. The smallest absolute Gasteiger partial charge is 0.343 e. The Labute approximate surface area is 194 Å². The van der Waals surface area contributed by atoms with Crippen LogP contribution in [0.15, 0.2) is 107 Å². The summed E-state index contributed by atoms with van der Waals surface area (Å²) in [6, 6.07) is 25.2. The molecule has 1 fully saturated rings. The molecule has 5 nitrogen and oxygen atoms in total. The number of sulfonamides is 1. The van der Waals surface area contributed by atoms with E-state index in [1.807, 2.05) is 49.4 Å². The highest BCUT2D eigenvalue weighted by atomic mass is 32.2. The second-order valence-corrected chi connectivity index (χ2v) is 9.89. The number of ether oxygens (including phenoxy) is 1. The van der Waals surface area contributed by atoms with E-state index >= 15 is 0 Å². The molecule has 168 valence electrons. The predicted octanol–water partition coefficient (Wildman–Crippen LogP) is 5.21. The average Bonchev–Trinajstić information content (AvgIpc) is 3.25. The van der Waals surface area contributed by atoms with Gasteiger partial charge in [-0.1, -0.05) is 66.2 Å². The second kappa shape index (κ2) is 9.57. The standard InChI is InChI=1S/C27H25NO4S/c1-20-13-15-25(16-14-20)33(30,31)28-18-24(17-22-9-5-3-6-10-22)26(19-28)21(2)32-27(29)23-11-7-4-8-12-23/h3-17H,18-19H2,1-2H3/b24-17+,26-21+. The summed E-state index contributed by atoms with van der Waals surface area (Å²) in [4.78, 5) is 12.8. The number of benzene rings is 3. The lowest BCUT2D eigenvalue weighted by Gasteiger charge is -2.15. The zero-order valence-electron chi connectivity index (χ0n) is 18.6. The zero-order chi connectivity index (χ0) is 23.4. The Morgan fingerprint density at radius 1 is 0.879 bits per heavy atom. The van der Waals surface area contributed by atoms with Crippen molar-refractivity contribution in [1.29, 1.82) is 0 Å². The molecule has 0 amide bonds. The van der Waals surface area contributed by atoms with Crippen LogP contribution in [-0.4, -0.2) is 31.8 Å². The minimum absolute atomic E-state index is 0.128. The summed E-state index contributed by atoms with van der Waals surface area (Å²) < 4.78 is 33.7. The van der Waals surface area contributed by atoms with Gasteiger partial charge in [-0.25, -0.2) is 13.2 Å². The molecule has 4 rings (SSSR count). The van der Waals surface area contributed by atoms with Crippen molar-refractivity contribution in [3.63, 3.8) is 0 Å². The van der Waals surface area contributed by atoms with Crippen molar-refractivity contribution in [1.82, 2.24) is 4.31 Å². The Bertz CT molecular complexity index is 1310. The normalized spacial score (nSPS) is 17.2. The topological polar surface area (TPSA) is 63.7 Å². The first kappa shape index (κ1) is 22.7. The fraction of sp³-hybridized carbons (Fsp3) is 0.148. The highest BCUT2D eigenvalue weighted by Gasteiger charge is 2.34. The van der Waals surface area contributed by atoms with Gasteiger partial charge in [0.05, 0.1) is 10.5 Å². The molecule has 1 heterocycles. The lowest BCUT2D eigenvalue weighted by molar-refractivity contribution is 0.0623. The Morgan fingerprint density at radius 3 is 2.12 bits per heavy atom. The monoisotopic (exact) mass is 459 g/mol.